The molecule has 0 aliphatic rings. The fraction of sp³-hybridized carbons (Fsp3) is 0.250. The van der Waals surface area contributed by atoms with E-state index in [-0.39, 0.29) is 11.9 Å². The minimum atomic E-state index is -0.269. The zero-order chi connectivity index (χ0) is 15.2. The quantitative estimate of drug-likeness (QED) is 0.650. The summed E-state index contributed by atoms with van der Waals surface area (Å²) in [4.78, 5) is 12.1. The van der Waals surface area contributed by atoms with Gasteiger partial charge in [-0.05, 0) is 30.7 Å². The first-order valence-corrected chi connectivity index (χ1v) is 6.82. The standard InChI is InChI=1S/C16H18N4O/c1-3-6-13(4-2)18-16(21)15-9-10-20(19-15)14-8-5-7-12(17)11-14/h2,5,7-11,13H,3,6,17H2,1H3,(H,18,21). The molecule has 0 aliphatic heterocycles. The highest BCUT2D eigenvalue weighted by molar-refractivity contribution is 5.92. The minimum absolute atomic E-state index is 0.264. The Kier molecular flexibility index (Phi) is 4.62. The molecule has 21 heavy (non-hydrogen) atoms. The normalized spacial score (nSPS) is 11.6. The molecule has 2 aromatic rings. The summed E-state index contributed by atoms with van der Waals surface area (Å²) < 4.78 is 1.61. The van der Waals surface area contributed by atoms with Crippen LogP contribution in [0.3, 0.4) is 0 Å². The number of rotatable bonds is 5. The number of nitrogens with one attached hydrogen (secondary N) is 1. The number of hydrogen-bond acceptors (Lipinski definition) is 3. The van der Waals surface area contributed by atoms with Gasteiger partial charge < -0.3 is 11.1 Å². The van der Waals surface area contributed by atoms with E-state index in [0.29, 0.717) is 11.4 Å². The van der Waals surface area contributed by atoms with Crippen LogP contribution in [0.25, 0.3) is 5.69 Å². The van der Waals surface area contributed by atoms with E-state index < -0.39 is 0 Å². The molecule has 1 aromatic carbocycles. The van der Waals surface area contributed by atoms with Crippen molar-refractivity contribution in [1.82, 2.24) is 15.1 Å². The number of benzene rings is 1. The van der Waals surface area contributed by atoms with Crippen LogP contribution in [0.2, 0.25) is 0 Å². The maximum atomic E-state index is 12.1. The number of carbonyl (C=O) groups is 1. The Morgan fingerprint density at radius 1 is 1.52 bits per heavy atom. The van der Waals surface area contributed by atoms with Crippen molar-refractivity contribution in [2.24, 2.45) is 0 Å². The van der Waals surface area contributed by atoms with Gasteiger partial charge in [0, 0.05) is 11.9 Å². The van der Waals surface area contributed by atoms with Crippen LogP contribution in [-0.2, 0) is 0 Å². The van der Waals surface area contributed by atoms with Crippen molar-refractivity contribution in [1.29, 1.82) is 0 Å². The predicted molar refractivity (Wildman–Crippen MR) is 83.0 cm³/mol. The van der Waals surface area contributed by atoms with E-state index >= 15 is 0 Å². The second-order valence-corrected chi connectivity index (χ2v) is 4.72. The highest BCUT2D eigenvalue weighted by Gasteiger charge is 2.13. The lowest BCUT2D eigenvalue weighted by Gasteiger charge is -2.10. The summed E-state index contributed by atoms with van der Waals surface area (Å²) in [6.45, 7) is 2.02. The minimum Gasteiger partial charge on any atom is -0.399 e. The fourth-order valence-corrected chi connectivity index (χ4v) is 1.97. The third-order valence-electron chi connectivity index (χ3n) is 3.04. The van der Waals surface area contributed by atoms with Crippen molar-refractivity contribution in [2.75, 3.05) is 5.73 Å². The van der Waals surface area contributed by atoms with Gasteiger partial charge in [0.15, 0.2) is 5.69 Å². The number of nitrogen functional groups attached to an aromatic ring is 1. The van der Waals surface area contributed by atoms with Gasteiger partial charge in [-0.2, -0.15) is 5.10 Å². The van der Waals surface area contributed by atoms with Crippen LogP contribution in [0.15, 0.2) is 36.5 Å². The number of anilines is 1. The monoisotopic (exact) mass is 282 g/mol. The molecule has 0 spiro atoms. The maximum absolute atomic E-state index is 12.1. The molecule has 2 rings (SSSR count). The van der Waals surface area contributed by atoms with Crippen molar-refractivity contribution in [3.63, 3.8) is 0 Å². The lowest BCUT2D eigenvalue weighted by molar-refractivity contribution is 0.0939. The number of nitrogens with zero attached hydrogens (tertiary/aromatic N) is 2. The van der Waals surface area contributed by atoms with Gasteiger partial charge in [0.2, 0.25) is 0 Å². The van der Waals surface area contributed by atoms with Gasteiger partial charge in [-0.15, -0.1) is 6.42 Å². The SMILES string of the molecule is C#CC(CCC)NC(=O)c1ccn(-c2cccc(N)c2)n1. The van der Waals surface area contributed by atoms with Crippen molar-refractivity contribution in [3.8, 4) is 18.0 Å². The van der Waals surface area contributed by atoms with Crippen LogP contribution in [0, 0.1) is 12.3 Å². The molecule has 5 nitrogen and oxygen atoms in total. The van der Waals surface area contributed by atoms with Gasteiger partial charge in [-0.3, -0.25) is 4.79 Å². The Morgan fingerprint density at radius 2 is 2.33 bits per heavy atom. The highest BCUT2D eigenvalue weighted by atomic mass is 16.2. The summed E-state index contributed by atoms with van der Waals surface area (Å²) in [5.74, 6) is 2.30. The second kappa shape index (κ2) is 6.62. The van der Waals surface area contributed by atoms with E-state index in [1.165, 1.54) is 0 Å². The topological polar surface area (TPSA) is 72.9 Å². The van der Waals surface area contributed by atoms with Gasteiger partial charge >= 0.3 is 0 Å². The summed E-state index contributed by atoms with van der Waals surface area (Å²) in [6.07, 6.45) is 8.77. The van der Waals surface area contributed by atoms with Gasteiger partial charge in [0.05, 0.1) is 11.7 Å². The molecule has 0 saturated heterocycles. The molecule has 1 amide bonds. The molecule has 1 unspecified atom stereocenters. The summed E-state index contributed by atoms with van der Waals surface area (Å²) in [5.41, 5.74) is 7.51. The van der Waals surface area contributed by atoms with Crippen LogP contribution in [0.5, 0.6) is 0 Å². The van der Waals surface area contributed by atoms with Crippen molar-refractivity contribution in [2.45, 2.75) is 25.8 Å². The Hall–Kier alpha value is -2.74. The molecule has 0 aliphatic carbocycles. The number of aromatic nitrogens is 2. The smallest absolute Gasteiger partial charge is 0.272 e. The molecule has 1 atom stereocenters. The summed E-state index contributed by atoms with van der Waals surface area (Å²) in [6, 6.07) is 8.67. The fourth-order valence-electron chi connectivity index (χ4n) is 1.97. The molecule has 0 radical (unpaired) electrons. The number of nitrogens with two attached hydrogens (primary N) is 1. The van der Waals surface area contributed by atoms with E-state index in [9.17, 15) is 4.79 Å². The average molecular weight is 282 g/mol. The molecule has 5 heteroatoms. The van der Waals surface area contributed by atoms with Crippen molar-refractivity contribution in [3.05, 3.63) is 42.2 Å². The number of carbonyl (C=O) groups excluding carboxylic acids is 1. The molecule has 0 fully saturated rings. The van der Waals surface area contributed by atoms with Crippen molar-refractivity contribution < 1.29 is 4.79 Å². The van der Waals surface area contributed by atoms with Gasteiger partial charge in [0.1, 0.15) is 0 Å². The van der Waals surface area contributed by atoms with E-state index in [2.05, 4.69) is 16.3 Å². The average Bonchev–Trinajstić information content (AvgIpc) is 2.96. The largest absolute Gasteiger partial charge is 0.399 e. The van der Waals surface area contributed by atoms with Crippen LogP contribution < -0.4 is 11.1 Å². The van der Waals surface area contributed by atoms with E-state index in [1.807, 2.05) is 19.1 Å². The summed E-state index contributed by atoms with van der Waals surface area (Å²) in [7, 11) is 0. The molecular formula is C16H18N4O. The Balaban J connectivity index is 2.13. The Labute approximate surface area is 124 Å². The lowest BCUT2D eigenvalue weighted by Crippen LogP contribution is -2.33. The zero-order valence-electron chi connectivity index (χ0n) is 11.9. The number of terminal acetylenes is 1. The molecule has 0 saturated carbocycles. The third kappa shape index (κ3) is 3.63. The lowest BCUT2D eigenvalue weighted by atomic mass is 10.2. The maximum Gasteiger partial charge on any atom is 0.272 e. The van der Waals surface area contributed by atoms with E-state index in [0.717, 1.165) is 18.5 Å². The Morgan fingerprint density at radius 3 is 3.00 bits per heavy atom. The van der Waals surface area contributed by atoms with Crippen molar-refractivity contribution >= 4 is 11.6 Å². The predicted octanol–water partition coefficient (Wildman–Crippen LogP) is 1.99. The van der Waals surface area contributed by atoms with Crippen LogP contribution in [0.4, 0.5) is 5.69 Å². The van der Waals surface area contributed by atoms with Gasteiger partial charge in [-0.25, -0.2) is 4.68 Å². The number of amides is 1. The molecule has 1 aromatic heterocycles. The van der Waals surface area contributed by atoms with Gasteiger partial charge in [0.25, 0.3) is 5.91 Å². The third-order valence-corrected chi connectivity index (χ3v) is 3.04. The molecule has 3 N–H and O–H groups in total. The van der Waals surface area contributed by atoms with E-state index in [1.54, 1.807) is 29.1 Å². The van der Waals surface area contributed by atoms with Crippen LogP contribution in [-0.4, -0.2) is 21.7 Å². The first-order valence-electron chi connectivity index (χ1n) is 6.82. The van der Waals surface area contributed by atoms with Gasteiger partial charge in [-0.1, -0.05) is 25.3 Å². The molecule has 108 valence electrons. The summed E-state index contributed by atoms with van der Waals surface area (Å²) in [5, 5.41) is 7.03. The van der Waals surface area contributed by atoms with Crippen LogP contribution in [0.1, 0.15) is 30.3 Å². The zero-order valence-corrected chi connectivity index (χ0v) is 11.9. The highest BCUT2D eigenvalue weighted by Crippen LogP contribution is 2.11. The summed E-state index contributed by atoms with van der Waals surface area (Å²) >= 11 is 0. The van der Waals surface area contributed by atoms with Crippen LogP contribution >= 0.6 is 0 Å². The first kappa shape index (κ1) is 14.7. The molecule has 1 heterocycles. The Bertz CT molecular complexity index is 669. The van der Waals surface area contributed by atoms with E-state index in [4.69, 9.17) is 12.2 Å². The number of hydrogen-bond donors (Lipinski definition) is 2. The molecule has 0 bridgehead atoms. The second-order valence-electron chi connectivity index (χ2n) is 4.72. The first-order chi connectivity index (χ1) is 10.1. The molecular weight excluding hydrogens is 264 g/mol.